The van der Waals surface area contributed by atoms with Crippen molar-refractivity contribution in [2.75, 3.05) is 19.7 Å². The minimum absolute atomic E-state index is 0.00819. The molecule has 1 N–H and O–H groups in total. The molecule has 98 valence electrons. The average molecular weight is 242 g/mol. The second-order valence-corrected chi connectivity index (χ2v) is 4.77. The van der Waals surface area contributed by atoms with E-state index in [-0.39, 0.29) is 30.4 Å². The van der Waals surface area contributed by atoms with Crippen LogP contribution in [0.5, 0.6) is 0 Å². The zero-order valence-electron chi connectivity index (χ0n) is 11.0. The number of nitrogens with zero attached hydrogens (tertiary/aromatic N) is 1. The van der Waals surface area contributed by atoms with Gasteiger partial charge in [0.1, 0.15) is 6.04 Å². The first-order chi connectivity index (χ1) is 7.95. The van der Waals surface area contributed by atoms with Gasteiger partial charge < -0.3 is 15.0 Å². The Balaban J connectivity index is 2.64. The van der Waals surface area contributed by atoms with Crippen LogP contribution in [0.25, 0.3) is 0 Å². The highest BCUT2D eigenvalue weighted by molar-refractivity contribution is 5.95. The minimum Gasteiger partial charge on any atom is -0.377 e. The van der Waals surface area contributed by atoms with Crippen molar-refractivity contribution in [1.29, 1.82) is 0 Å². The summed E-state index contributed by atoms with van der Waals surface area (Å²) < 4.78 is 5.40. The molecule has 1 heterocycles. The predicted molar refractivity (Wildman–Crippen MR) is 64.4 cm³/mol. The van der Waals surface area contributed by atoms with Crippen molar-refractivity contribution in [2.24, 2.45) is 5.92 Å². The molecule has 0 radical (unpaired) electrons. The molecular formula is C12H22N2O3. The van der Waals surface area contributed by atoms with Gasteiger partial charge in [-0.25, -0.2) is 0 Å². The quantitative estimate of drug-likeness (QED) is 0.759. The number of piperazine rings is 1. The van der Waals surface area contributed by atoms with Crippen molar-refractivity contribution < 1.29 is 14.3 Å². The molecule has 2 unspecified atom stereocenters. The van der Waals surface area contributed by atoms with Gasteiger partial charge in [-0.3, -0.25) is 9.59 Å². The van der Waals surface area contributed by atoms with E-state index in [4.69, 9.17) is 4.74 Å². The van der Waals surface area contributed by atoms with Crippen LogP contribution >= 0.6 is 0 Å². The maximum atomic E-state index is 12.1. The summed E-state index contributed by atoms with van der Waals surface area (Å²) in [5.41, 5.74) is 0. The van der Waals surface area contributed by atoms with Gasteiger partial charge in [0.15, 0.2) is 0 Å². The molecule has 0 saturated carbocycles. The lowest BCUT2D eigenvalue weighted by Gasteiger charge is -2.35. The summed E-state index contributed by atoms with van der Waals surface area (Å²) in [6.45, 7) is 8.91. The fraction of sp³-hybridized carbons (Fsp3) is 0.833. The fourth-order valence-corrected chi connectivity index (χ4v) is 1.98. The number of hydrogen-bond acceptors (Lipinski definition) is 3. The van der Waals surface area contributed by atoms with E-state index in [1.54, 1.807) is 4.90 Å². The van der Waals surface area contributed by atoms with Gasteiger partial charge in [-0.15, -0.1) is 0 Å². The number of amides is 2. The second kappa shape index (κ2) is 6.00. The summed E-state index contributed by atoms with van der Waals surface area (Å²) in [6.07, 6.45) is -0.0392. The van der Waals surface area contributed by atoms with E-state index in [9.17, 15) is 9.59 Å². The third kappa shape index (κ3) is 3.70. The topological polar surface area (TPSA) is 58.6 Å². The average Bonchev–Trinajstić information content (AvgIpc) is 2.22. The molecule has 1 rings (SSSR count). The third-order valence-electron chi connectivity index (χ3n) is 2.82. The molecule has 0 aromatic heterocycles. The largest absolute Gasteiger partial charge is 0.377 e. The van der Waals surface area contributed by atoms with Crippen molar-refractivity contribution in [1.82, 2.24) is 10.2 Å². The molecule has 1 aliphatic rings. The highest BCUT2D eigenvalue weighted by Crippen LogP contribution is 2.11. The molecule has 0 aliphatic carbocycles. The number of hydrogen-bond donors (Lipinski definition) is 1. The van der Waals surface area contributed by atoms with Crippen molar-refractivity contribution in [2.45, 2.75) is 39.8 Å². The van der Waals surface area contributed by atoms with E-state index in [0.717, 1.165) is 0 Å². The third-order valence-corrected chi connectivity index (χ3v) is 2.82. The number of ether oxygens (including phenoxy) is 1. The lowest BCUT2D eigenvalue weighted by Crippen LogP contribution is -2.60. The normalized spacial score (nSPS) is 22.9. The fourth-order valence-electron chi connectivity index (χ4n) is 1.98. The van der Waals surface area contributed by atoms with Crippen LogP contribution < -0.4 is 5.32 Å². The molecule has 0 bridgehead atoms. The van der Waals surface area contributed by atoms with E-state index in [1.165, 1.54) is 0 Å². The number of carbonyl (C=O) groups excluding carboxylic acids is 2. The zero-order valence-corrected chi connectivity index (χ0v) is 11.0. The van der Waals surface area contributed by atoms with Crippen LogP contribution in [0.3, 0.4) is 0 Å². The number of rotatable bonds is 5. The maximum absolute atomic E-state index is 12.1. The van der Waals surface area contributed by atoms with Gasteiger partial charge in [0.2, 0.25) is 11.8 Å². The lowest BCUT2D eigenvalue weighted by atomic mass is 10.0. The monoisotopic (exact) mass is 242 g/mol. The van der Waals surface area contributed by atoms with E-state index in [0.29, 0.717) is 13.2 Å². The maximum Gasteiger partial charge on any atom is 0.245 e. The van der Waals surface area contributed by atoms with Crippen molar-refractivity contribution >= 4 is 11.8 Å². The Morgan fingerprint density at radius 3 is 2.59 bits per heavy atom. The molecule has 0 aromatic carbocycles. The van der Waals surface area contributed by atoms with E-state index < -0.39 is 6.04 Å². The van der Waals surface area contributed by atoms with Crippen LogP contribution in [0.1, 0.15) is 27.7 Å². The molecular weight excluding hydrogens is 220 g/mol. The Morgan fingerprint density at radius 1 is 1.41 bits per heavy atom. The van der Waals surface area contributed by atoms with Crippen molar-refractivity contribution in [3.05, 3.63) is 0 Å². The van der Waals surface area contributed by atoms with Gasteiger partial charge in [-0.2, -0.15) is 0 Å². The van der Waals surface area contributed by atoms with Crippen LogP contribution in [0.4, 0.5) is 0 Å². The standard InChI is InChI=1S/C12H22N2O3/c1-5-17-9(4)6-14-7-10(15)13-11(8(2)3)12(14)16/h8-9,11H,5-7H2,1-4H3,(H,13,15). The molecule has 1 aliphatic heterocycles. The lowest BCUT2D eigenvalue weighted by molar-refractivity contribution is -0.147. The van der Waals surface area contributed by atoms with Crippen LogP contribution in [0.2, 0.25) is 0 Å². The van der Waals surface area contributed by atoms with Gasteiger partial charge in [-0.05, 0) is 19.8 Å². The Hall–Kier alpha value is -1.10. The van der Waals surface area contributed by atoms with E-state index >= 15 is 0 Å². The summed E-state index contributed by atoms with van der Waals surface area (Å²) in [5.74, 6) is 0.00908. The highest BCUT2D eigenvalue weighted by Gasteiger charge is 2.34. The molecule has 1 fully saturated rings. The zero-order chi connectivity index (χ0) is 13.0. The van der Waals surface area contributed by atoms with Gasteiger partial charge in [0.05, 0.1) is 12.6 Å². The summed E-state index contributed by atoms with van der Waals surface area (Å²) >= 11 is 0. The van der Waals surface area contributed by atoms with Crippen LogP contribution in [-0.4, -0.2) is 48.6 Å². The first kappa shape index (κ1) is 14.0. The van der Waals surface area contributed by atoms with Crippen LogP contribution in [0.15, 0.2) is 0 Å². The van der Waals surface area contributed by atoms with Crippen LogP contribution in [0, 0.1) is 5.92 Å². The first-order valence-corrected chi connectivity index (χ1v) is 6.15. The molecule has 17 heavy (non-hydrogen) atoms. The molecule has 0 aromatic rings. The summed E-state index contributed by atoms with van der Waals surface area (Å²) in [7, 11) is 0. The molecule has 5 heteroatoms. The van der Waals surface area contributed by atoms with Crippen molar-refractivity contribution in [3.8, 4) is 0 Å². The molecule has 1 saturated heterocycles. The molecule has 5 nitrogen and oxygen atoms in total. The Kier molecular flexibility index (Phi) is 4.93. The molecule has 2 amide bonds. The van der Waals surface area contributed by atoms with Gasteiger partial charge >= 0.3 is 0 Å². The Morgan fingerprint density at radius 2 is 2.06 bits per heavy atom. The van der Waals surface area contributed by atoms with E-state index in [1.807, 2.05) is 27.7 Å². The molecule has 0 spiro atoms. The van der Waals surface area contributed by atoms with Crippen LogP contribution in [-0.2, 0) is 14.3 Å². The summed E-state index contributed by atoms with van der Waals surface area (Å²) in [4.78, 5) is 25.2. The van der Waals surface area contributed by atoms with Gasteiger partial charge in [0.25, 0.3) is 0 Å². The molecule has 2 atom stereocenters. The SMILES string of the molecule is CCOC(C)CN1CC(=O)NC(C(C)C)C1=O. The van der Waals surface area contributed by atoms with Gasteiger partial charge in [0, 0.05) is 13.2 Å². The smallest absolute Gasteiger partial charge is 0.245 e. The predicted octanol–water partition coefficient (Wildman–Crippen LogP) is 0.394. The Labute approximate surface area is 102 Å². The highest BCUT2D eigenvalue weighted by atomic mass is 16.5. The number of nitrogens with one attached hydrogen (secondary N) is 1. The first-order valence-electron chi connectivity index (χ1n) is 6.15. The summed E-state index contributed by atoms with van der Waals surface area (Å²) in [6, 6.07) is -0.398. The van der Waals surface area contributed by atoms with Gasteiger partial charge in [-0.1, -0.05) is 13.8 Å². The Bertz CT molecular complexity index is 291. The minimum atomic E-state index is -0.398. The van der Waals surface area contributed by atoms with E-state index in [2.05, 4.69) is 5.32 Å². The summed E-state index contributed by atoms with van der Waals surface area (Å²) in [5, 5.41) is 2.73. The van der Waals surface area contributed by atoms with Crippen molar-refractivity contribution in [3.63, 3.8) is 0 Å². The number of carbonyl (C=O) groups is 2. The second-order valence-electron chi connectivity index (χ2n) is 4.77.